The number of carbonyl (C=O) groups is 2. The minimum Gasteiger partial charge on any atom is -0.369 e. The van der Waals surface area contributed by atoms with E-state index in [1.54, 1.807) is 13.8 Å². The lowest BCUT2D eigenvalue weighted by atomic mass is 9.85. The van der Waals surface area contributed by atoms with Gasteiger partial charge in [-0.2, -0.15) is 5.26 Å². The number of carbonyl (C=O) groups excluding carboxylic acids is 2. The molecule has 0 aromatic rings. The van der Waals surface area contributed by atoms with Crippen LogP contribution < -0.4 is 11.1 Å². The van der Waals surface area contributed by atoms with Gasteiger partial charge in [-0.05, 0) is 32.2 Å². The molecule has 1 heterocycles. The summed E-state index contributed by atoms with van der Waals surface area (Å²) < 4.78 is 0. The van der Waals surface area contributed by atoms with Crippen molar-refractivity contribution in [3.8, 4) is 6.07 Å². The van der Waals surface area contributed by atoms with E-state index in [4.69, 9.17) is 5.73 Å². The predicted octanol–water partition coefficient (Wildman–Crippen LogP) is 1.16. The molecule has 1 aliphatic heterocycles. The number of hydrogen-bond acceptors (Lipinski definition) is 4. The Kier molecular flexibility index (Phi) is 6.36. The number of nitrogens with zero attached hydrogens (tertiary/aromatic N) is 2. The van der Waals surface area contributed by atoms with Crippen LogP contribution in [0.4, 0.5) is 0 Å². The molecule has 6 nitrogen and oxygen atoms in total. The zero-order chi connectivity index (χ0) is 16.8. The molecule has 1 fully saturated rings. The van der Waals surface area contributed by atoms with Crippen molar-refractivity contribution in [2.45, 2.75) is 58.4 Å². The fourth-order valence-electron chi connectivity index (χ4n) is 2.62. The molecule has 0 spiro atoms. The fraction of sp³-hybridized carbons (Fsp3) is 0.812. The maximum absolute atomic E-state index is 12.1. The summed E-state index contributed by atoms with van der Waals surface area (Å²) in [4.78, 5) is 25.7. The van der Waals surface area contributed by atoms with Crippen molar-refractivity contribution in [3.63, 3.8) is 0 Å². The Morgan fingerprint density at radius 3 is 2.41 bits per heavy atom. The summed E-state index contributed by atoms with van der Waals surface area (Å²) in [5.41, 5.74) is 3.84. The predicted molar refractivity (Wildman–Crippen MR) is 84.7 cm³/mol. The first-order valence-corrected chi connectivity index (χ1v) is 7.99. The zero-order valence-corrected chi connectivity index (χ0v) is 13.9. The van der Waals surface area contributed by atoms with E-state index >= 15 is 0 Å². The summed E-state index contributed by atoms with van der Waals surface area (Å²) in [6.45, 7) is 8.28. The van der Waals surface area contributed by atoms with Crippen molar-refractivity contribution in [2.24, 2.45) is 11.1 Å². The number of piperidine rings is 1. The van der Waals surface area contributed by atoms with E-state index in [0.29, 0.717) is 19.3 Å². The third kappa shape index (κ3) is 4.99. The molecule has 0 atom stereocenters. The van der Waals surface area contributed by atoms with E-state index in [2.05, 4.69) is 23.2 Å². The third-order valence-corrected chi connectivity index (χ3v) is 4.49. The first kappa shape index (κ1) is 18.4. The highest BCUT2D eigenvalue weighted by Gasteiger charge is 2.36. The zero-order valence-electron chi connectivity index (χ0n) is 13.9. The molecule has 0 aromatic carbocycles. The molecule has 0 aromatic heterocycles. The molecule has 0 aliphatic carbocycles. The van der Waals surface area contributed by atoms with Crippen LogP contribution in [0.5, 0.6) is 0 Å². The number of likely N-dealkylation sites (tertiary alicyclic amines) is 1. The normalized spacial score (nSPS) is 18.5. The molecular weight excluding hydrogens is 280 g/mol. The minimum atomic E-state index is -0.766. The fourth-order valence-corrected chi connectivity index (χ4v) is 2.62. The Morgan fingerprint density at radius 2 is 1.95 bits per heavy atom. The molecule has 0 radical (unpaired) electrons. The van der Waals surface area contributed by atoms with E-state index < -0.39 is 16.9 Å². The Bertz CT molecular complexity index is 446. The maximum atomic E-state index is 12.1. The molecule has 124 valence electrons. The Balaban J connectivity index is 2.52. The summed E-state index contributed by atoms with van der Waals surface area (Å²) in [6, 6.07) is 2.28. The van der Waals surface area contributed by atoms with Gasteiger partial charge in [0.15, 0.2) is 0 Å². The van der Waals surface area contributed by atoms with Crippen molar-refractivity contribution in [1.82, 2.24) is 10.2 Å². The Hall–Kier alpha value is -1.61. The summed E-state index contributed by atoms with van der Waals surface area (Å²) in [5, 5.41) is 12.3. The standard InChI is InChI=1S/C16H28N4O2/c1-4-9-20-10-7-16(12-17,8-11-20)19-13(21)5-6-15(2,3)14(18)22/h4-11H2,1-3H3,(H2,18,22)(H,19,21). The number of amides is 2. The van der Waals surface area contributed by atoms with Crippen molar-refractivity contribution in [3.05, 3.63) is 0 Å². The third-order valence-electron chi connectivity index (χ3n) is 4.49. The molecular formula is C16H28N4O2. The van der Waals surface area contributed by atoms with Crippen molar-refractivity contribution < 1.29 is 9.59 Å². The summed E-state index contributed by atoms with van der Waals surface area (Å²) in [5.74, 6) is -0.594. The van der Waals surface area contributed by atoms with Gasteiger partial charge in [-0.25, -0.2) is 0 Å². The number of nitrogens with one attached hydrogen (secondary N) is 1. The molecule has 1 aliphatic rings. The van der Waals surface area contributed by atoms with Crippen LogP contribution >= 0.6 is 0 Å². The highest BCUT2D eigenvalue weighted by molar-refractivity contribution is 5.82. The van der Waals surface area contributed by atoms with Gasteiger partial charge in [0.05, 0.1) is 6.07 Å². The van der Waals surface area contributed by atoms with Gasteiger partial charge in [0, 0.05) is 24.9 Å². The van der Waals surface area contributed by atoms with Crippen molar-refractivity contribution in [1.29, 1.82) is 5.26 Å². The lowest BCUT2D eigenvalue weighted by molar-refractivity contribution is -0.127. The van der Waals surface area contributed by atoms with Crippen LogP contribution in [-0.2, 0) is 9.59 Å². The number of rotatable bonds is 7. The van der Waals surface area contributed by atoms with Gasteiger partial charge in [0.1, 0.15) is 5.54 Å². The molecule has 22 heavy (non-hydrogen) atoms. The molecule has 6 heteroatoms. The maximum Gasteiger partial charge on any atom is 0.223 e. The number of primary amides is 1. The van der Waals surface area contributed by atoms with Crippen molar-refractivity contribution >= 4 is 11.8 Å². The topological polar surface area (TPSA) is 99.2 Å². The number of hydrogen-bond donors (Lipinski definition) is 2. The van der Waals surface area contributed by atoms with E-state index in [1.807, 2.05) is 0 Å². The quantitative estimate of drug-likeness (QED) is 0.737. The van der Waals surface area contributed by atoms with Gasteiger partial charge in [-0.3, -0.25) is 9.59 Å². The second-order valence-corrected chi connectivity index (χ2v) is 6.83. The first-order valence-electron chi connectivity index (χ1n) is 7.99. The highest BCUT2D eigenvalue weighted by atomic mass is 16.2. The minimum absolute atomic E-state index is 0.181. The second kappa shape index (κ2) is 7.59. The smallest absolute Gasteiger partial charge is 0.223 e. The van der Waals surface area contributed by atoms with Crippen LogP contribution in [0.1, 0.15) is 52.9 Å². The lowest BCUT2D eigenvalue weighted by Crippen LogP contribution is -2.54. The van der Waals surface area contributed by atoms with Gasteiger partial charge < -0.3 is 16.0 Å². The average Bonchev–Trinajstić information content (AvgIpc) is 2.47. The van der Waals surface area contributed by atoms with Gasteiger partial charge >= 0.3 is 0 Å². The lowest BCUT2D eigenvalue weighted by Gasteiger charge is -2.37. The van der Waals surface area contributed by atoms with E-state index in [1.165, 1.54) is 0 Å². The van der Waals surface area contributed by atoms with Gasteiger partial charge in [0.2, 0.25) is 11.8 Å². The van der Waals surface area contributed by atoms with Crippen LogP contribution in [-0.4, -0.2) is 41.9 Å². The molecule has 0 saturated carbocycles. The summed E-state index contributed by atoms with van der Waals surface area (Å²) in [7, 11) is 0. The van der Waals surface area contributed by atoms with Gasteiger partial charge in [-0.15, -0.1) is 0 Å². The SMILES string of the molecule is CCCN1CCC(C#N)(NC(=O)CCC(C)(C)C(N)=O)CC1. The molecule has 1 saturated heterocycles. The second-order valence-electron chi connectivity index (χ2n) is 6.83. The molecule has 0 bridgehead atoms. The van der Waals surface area contributed by atoms with Crippen LogP contribution in [0.25, 0.3) is 0 Å². The average molecular weight is 308 g/mol. The number of nitrogens with two attached hydrogens (primary N) is 1. The van der Waals surface area contributed by atoms with E-state index in [-0.39, 0.29) is 12.3 Å². The van der Waals surface area contributed by atoms with Crippen LogP contribution in [0.15, 0.2) is 0 Å². The van der Waals surface area contributed by atoms with Crippen molar-refractivity contribution in [2.75, 3.05) is 19.6 Å². The molecule has 2 amide bonds. The van der Waals surface area contributed by atoms with Gasteiger partial charge in [-0.1, -0.05) is 20.8 Å². The Morgan fingerprint density at radius 1 is 1.36 bits per heavy atom. The monoisotopic (exact) mass is 308 g/mol. The first-order chi connectivity index (χ1) is 10.2. The number of nitriles is 1. The van der Waals surface area contributed by atoms with Crippen LogP contribution in [0, 0.1) is 16.7 Å². The van der Waals surface area contributed by atoms with E-state index in [9.17, 15) is 14.9 Å². The Labute approximate surface area is 133 Å². The van der Waals surface area contributed by atoms with Crippen LogP contribution in [0.3, 0.4) is 0 Å². The summed E-state index contributed by atoms with van der Waals surface area (Å²) in [6.07, 6.45) is 2.98. The molecule has 0 unspecified atom stereocenters. The largest absolute Gasteiger partial charge is 0.369 e. The summed E-state index contributed by atoms with van der Waals surface area (Å²) >= 11 is 0. The molecule has 1 rings (SSSR count). The highest BCUT2D eigenvalue weighted by Crippen LogP contribution is 2.24. The molecule has 3 N–H and O–H groups in total. The van der Waals surface area contributed by atoms with Gasteiger partial charge in [0.25, 0.3) is 0 Å². The van der Waals surface area contributed by atoms with E-state index in [0.717, 1.165) is 26.1 Å². The van der Waals surface area contributed by atoms with Crippen LogP contribution in [0.2, 0.25) is 0 Å².